The van der Waals surface area contributed by atoms with Gasteiger partial charge in [0.2, 0.25) is 5.91 Å². The van der Waals surface area contributed by atoms with E-state index < -0.39 is 11.5 Å². The number of aromatic amines is 1. The van der Waals surface area contributed by atoms with E-state index in [0.717, 1.165) is 22.0 Å². The van der Waals surface area contributed by atoms with Crippen LogP contribution >= 0.6 is 11.6 Å². The molecule has 2 aliphatic heterocycles. The molecule has 3 aromatic carbocycles. The van der Waals surface area contributed by atoms with Gasteiger partial charge in [-0.3, -0.25) is 14.4 Å². The van der Waals surface area contributed by atoms with E-state index in [4.69, 9.17) is 11.6 Å². The van der Waals surface area contributed by atoms with Crippen molar-refractivity contribution in [1.82, 2.24) is 20.1 Å². The van der Waals surface area contributed by atoms with Crippen molar-refractivity contribution >= 4 is 40.2 Å². The highest BCUT2D eigenvalue weighted by Crippen LogP contribution is 2.35. The van der Waals surface area contributed by atoms with Crippen molar-refractivity contribution < 1.29 is 14.4 Å². The number of halogens is 1. The number of amides is 3. The summed E-state index contributed by atoms with van der Waals surface area (Å²) in [5.41, 5.74) is 3.23. The van der Waals surface area contributed by atoms with Crippen LogP contribution in [0.4, 0.5) is 0 Å². The van der Waals surface area contributed by atoms with Crippen LogP contribution in [0.5, 0.6) is 0 Å². The number of nitrogens with zero attached hydrogens (tertiary/aromatic N) is 2. The zero-order valence-corrected chi connectivity index (χ0v) is 24.1. The lowest BCUT2D eigenvalue weighted by atomic mass is 9.85. The molecule has 3 amide bonds. The summed E-state index contributed by atoms with van der Waals surface area (Å²) in [5.74, 6) is -0.551. The van der Waals surface area contributed by atoms with Gasteiger partial charge >= 0.3 is 0 Å². The topological polar surface area (TPSA) is 85.5 Å². The van der Waals surface area contributed by atoms with Crippen LogP contribution < -0.4 is 5.32 Å². The third kappa shape index (κ3) is 5.10. The highest BCUT2D eigenvalue weighted by atomic mass is 35.5. The van der Waals surface area contributed by atoms with E-state index in [9.17, 15) is 14.4 Å². The molecule has 210 valence electrons. The summed E-state index contributed by atoms with van der Waals surface area (Å²) < 4.78 is 0. The largest absolute Gasteiger partial charge is 0.351 e. The van der Waals surface area contributed by atoms with Gasteiger partial charge in [-0.25, -0.2) is 0 Å². The van der Waals surface area contributed by atoms with E-state index in [2.05, 4.69) is 10.3 Å². The SMILES string of the molecule is CC(C)(C)[C@H](NC(=O)c1cc2ccccc2[nH]1)C(=O)N1C[C@@H]2C[C@H]1CN2C(=O)c1ccc(-c2ccccc2)cc1Cl. The summed E-state index contributed by atoms with van der Waals surface area (Å²) in [6.45, 7) is 6.73. The van der Waals surface area contributed by atoms with Crippen molar-refractivity contribution in [3.63, 3.8) is 0 Å². The number of para-hydroxylation sites is 1. The van der Waals surface area contributed by atoms with Crippen molar-refractivity contribution in [1.29, 1.82) is 0 Å². The maximum Gasteiger partial charge on any atom is 0.268 e. The van der Waals surface area contributed by atoms with Crippen molar-refractivity contribution in [2.45, 2.75) is 45.3 Å². The molecule has 0 spiro atoms. The maximum atomic E-state index is 13.9. The smallest absolute Gasteiger partial charge is 0.268 e. The van der Waals surface area contributed by atoms with E-state index in [1.807, 2.05) is 97.3 Å². The van der Waals surface area contributed by atoms with Crippen LogP contribution in [0.2, 0.25) is 5.02 Å². The number of rotatable bonds is 5. The van der Waals surface area contributed by atoms with Gasteiger partial charge in [-0.15, -0.1) is 0 Å². The molecule has 7 nitrogen and oxygen atoms in total. The van der Waals surface area contributed by atoms with Gasteiger partial charge < -0.3 is 20.1 Å². The maximum absolute atomic E-state index is 13.9. The van der Waals surface area contributed by atoms with Crippen LogP contribution in [0.15, 0.2) is 78.9 Å². The minimum atomic E-state index is -0.718. The fraction of sp³-hybridized carbons (Fsp3) is 0.303. The molecule has 0 radical (unpaired) electrons. The predicted molar refractivity (Wildman–Crippen MR) is 161 cm³/mol. The highest BCUT2D eigenvalue weighted by Gasteiger charge is 2.50. The lowest BCUT2D eigenvalue weighted by molar-refractivity contribution is -0.138. The van der Waals surface area contributed by atoms with Crippen molar-refractivity contribution in [3.05, 3.63) is 95.1 Å². The van der Waals surface area contributed by atoms with E-state index >= 15 is 0 Å². The summed E-state index contributed by atoms with van der Waals surface area (Å²) >= 11 is 6.60. The van der Waals surface area contributed by atoms with Gasteiger partial charge in [0.1, 0.15) is 11.7 Å². The zero-order chi connectivity index (χ0) is 28.9. The third-order valence-electron chi connectivity index (χ3n) is 8.25. The number of benzene rings is 3. The van der Waals surface area contributed by atoms with Crippen LogP contribution in [0.25, 0.3) is 22.0 Å². The van der Waals surface area contributed by atoms with E-state index in [0.29, 0.717) is 35.8 Å². The summed E-state index contributed by atoms with van der Waals surface area (Å²) in [4.78, 5) is 47.4. The van der Waals surface area contributed by atoms with Crippen molar-refractivity contribution in [3.8, 4) is 11.1 Å². The third-order valence-corrected chi connectivity index (χ3v) is 8.57. The van der Waals surface area contributed by atoms with Gasteiger partial charge in [-0.1, -0.05) is 87.0 Å². The molecular weight excluding hydrogens is 536 g/mol. The number of fused-ring (bicyclic) bond motifs is 3. The Bertz CT molecular complexity index is 1610. The first kappa shape index (κ1) is 27.1. The Morgan fingerprint density at radius 1 is 0.878 bits per heavy atom. The number of piperazine rings is 1. The number of nitrogens with one attached hydrogen (secondary N) is 2. The molecule has 1 aromatic heterocycles. The average Bonchev–Trinajstić information content (AvgIpc) is 3.69. The highest BCUT2D eigenvalue weighted by molar-refractivity contribution is 6.34. The average molecular weight is 569 g/mol. The zero-order valence-electron chi connectivity index (χ0n) is 23.4. The molecule has 2 bridgehead atoms. The van der Waals surface area contributed by atoms with Gasteiger partial charge in [0, 0.05) is 24.0 Å². The Labute approximate surface area is 244 Å². The van der Waals surface area contributed by atoms with Crippen LogP contribution in [-0.2, 0) is 4.79 Å². The van der Waals surface area contributed by atoms with Gasteiger partial charge in [-0.05, 0) is 47.2 Å². The Morgan fingerprint density at radius 2 is 1.56 bits per heavy atom. The van der Waals surface area contributed by atoms with Crippen molar-refractivity contribution in [2.75, 3.05) is 13.1 Å². The van der Waals surface area contributed by atoms with E-state index in [-0.39, 0.29) is 29.8 Å². The Morgan fingerprint density at radius 3 is 2.22 bits per heavy atom. The van der Waals surface area contributed by atoms with Gasteiger partial charge in [0.15, 0.2) is 0 Å². The van der Waals surface area contributed by atoms with E-state index in [1.165, 1.54) is 0 Å². The molecule has 3 heterocycles. The molecule has 6 rings (SSSR count). The normalized spacial score (nSPS) is 19.0. The number of hydrogen-bond acceptors (Lipinski definition) is 3. The number of aromatic nitrogens is 1. The lowest BCUT2D eigenvalue weighted by Gasteiger charge is -2.39. The molecule has 8 heteroatoms. The molecule has 2 saturated heterocycles. The molecule has 2 aliphatic rings. The number of carbonyl (C=O) groups is 3. The predicted octanol–water partition coefficient (Wildman–Crippen LogP) is 5.76. The molecule has 0 unspecified atom stereocenters. The quantitative estimate of drug-likeness (QED) is 0.321. The van der Waals surface area contributed by atoms with Crippen LogP contribution in [0.3, 0.4) is 0 Å². The Hall–Kier alpha value is -4.10. The summed E-state index contributed by atoms with van der Waals surface area (Å²) in [6, 6.07) is 24.0. The first-order valence-corrected chi connectivity index (χ1v) is 14.3. The Balaban J connectivity index is 1.15. The van der Waals surface area contributed by atoms with Gasteiger partial charge in [0.05, 0.1) is 22.7 Å². The standard InChI is InChI=1S/C33H33ClN4O3/c1-33(2,3)29(36-30(39)28-16-22-11-7-8-12-27(22)35-28)32(41)38-19-23-17-24(38)18-37(23)31(40)25-14-13-21(15-26(25)34)20-9-5-4-6-10-20/h4-16,23-24,29,35H,17-19H2,1-3H3,(H,36,39)/t23-,24-,29+/m0/s1. The fourth-order valence-corrected chi connectivity index (χ4v) is 6.32. The number of hydrogen-bond donors (Lipinski definition) is 2. The second kappa shape index (κ2) is 10.4. The molecule has 2 N–H and O–H groups in total. The molecule has 0 saturated carbocycles. The van der Waals surface area contributed by atoms with Gasteiger partial charge in [-0.2, -0.15) is 0 Å². The van der Waals surface area contributed by atoms with Crippen LogP contribution in [-0.4, -0.2) is 63.7 Å². The fourth-order valence-electron chi connectivity index (χ4n) is 6.06. The van der Waals surface area contributed by atoms with Gasteiger partial charge in [0.25, 0.3) is 11.8 Å². The molecule has 41 heavy (non-hydrogen) atoms. The molecule has 0 aliphatic carbocycles. The monoisotopic (exact) mass is 568 g/mol. The molecule has 3 atom stereocenters. The second-order valence-electron chi connectivity index (χ2n) is 12.1. The minimum Gasteiger partial charge on any atom is -0.351 e. The summed E-state index contributed by atoms with van der Waals surface area (Å²) in [6.07, 6.45) is 0.712. The number of H-pyrrole nitrogens is 1. The minimum absolute atomic E-state index is 0.0913. The summed E-state index contributed by atoms with van der Waals surface area (Å²) in [5, 5.41) is 4.35. The van der Waals surface area contributed by atoms with Crippen LogP contribution in [0, 0.1) is 5.41 Å². The van der Waals surface area contributed by atoms with Crippen LogP contribution in [0.1, 0.15) is 48.0 Å². The van der Waals surface area contributed by atoms with E-state index in [1.54, 1.807) is 12.1 Å². The molecule has 2 fully saturated rings. The second-order valence-corrected chi connectivity index (χ2v) is 12.5. The molecule has 4 aromatic rings. The number of carbonyl (C=O) groups excluding carboxylic acids is 3. The Kier molecular flexibility index (Phi) is 6.86. The first-order chi connectivity index (χ1) is 19.6. The molecular formula is C33H33ClN4O3. The summed E-state index contributed by atoms with van der Waals surface area (Å²) in [7, 11) is 0. The number of likely N-dealkylation sites (tertiary alicyclic amines) is 2. The first-order valence-electron chi connectivity index (χ1n) is 13.9. The lowest BCUT2D eigenvalue weighted by Crippen LogP contribution is -2.59. The van der Waals surface area contributed by atoms with Crippen molar-refractivity contribution in [2.24, 2.45) is 5.41 Å².